The molecule has 3 aromatic heterocycles. The van der Waals surface area contributed by atoms with Crippen LogP contribution in [-0.2, 0) is 11.2 Å². The maximum absolute atomic E-state index is 12.2. The Bertz CT molecular complexity index is 1110. The summed E-state index contributed by atoms with van der Waals surface area (Å²) in [6.07, 6.45) is 2.57. The van der Waals surface area contributed by atoms with Gasteiger partial charge in [0, 0.05) is 10.8 Å². The molecule has 8 heteroatoms. The monoisotopic (exact) mass is 384 g/mol. The molecule has 2 atom stereocenters. The molecule has 1 saturated carbocycles. The number of fused-ring (bicyclic) bond motifs is 1. The number of aryl methyl sites for hydroxylation is 2. The molecule has 1 amide bonds. The fourth-order valence-corrected chi connectivity index (χ4v) is 4.15. The van der Waals surface area contributed by atoms with Crippen molar-refractivity contribution in [3.05, 3.63) is 50.3 Å². The molecule has 3 aromatic rings. The molecule has 4 rings (SSSR count). The van der Waals surface area contributed by atoms with Crippen LogP contribution in [0.15, 0.2) is 26.4 Å². The molecule has 140 valence electrons. The van der Waals surface area contributed by atoms with Crippen molar-refractivity contribution in [2.75, 3.05) is 0 Å². The number of rotatable bonds is 5. The Labute approximate surface area is 159 Å². The van der Waals surface area contributed by atoms with E-state index in [1.165, 1.54) is 17.6 Å². The third kappa shape index (κ3) is 3.57. The van der Waals surface area contributed by atoms with E-state index in [1.54, 1.807) is 0 Å². The van der Waals surface area contributed by atoms with Crippen molar-refractivity contribution in [2.45, 2.75) is 39.5 Å². The normalized spacial score (nSPS) is 19.1. The van der Waals surface area contributed by atoms with Crippen molar-refractivity contribution in [1.82, 2.24) is 15.4 Å². The van der Waals surface area contributed by atoms with E-state index in [0.717, 1.165) is 22.6 Å². The molecule has 1 aliphatic rings. The number of nitrogens with zero attached hydrogens (tertiary/aromatic N) is 2. The van der Waals surface area contributed by atoms with E-state index >= 15 is 0 Å². The summed E-state index contributed by atoms with van der Waals surface area (Å²) in [5.74, 6) is 2.70. The Morgan fingerprint density at radius 2 is 2.26 bits per heavy atom. The van der Waals surface area contributed by atoms with Gasteiger partial charge in [0.15, 0.2) is 0 Å². The highest BCUT2D eigenvalue weighted by molar-refractivity contribution is 7.18. The highest BCUT2D eigenvalue weighted by Gasteiger charge is 2.36. The number of hydrogen-bond acceptors (Lipinski definition) is 6. The van der Waals surface area contributed by atoms with Gasteiger partial charge in [0.25, 0.3) is 5.56 Å². The van der Waals surface area contributed by atoms with Crippen LogP contribution in [0.5, 0.6) is 0 Å². The second-order valence-corrected chi connectivity index (χ2v) is 8.21. The van der Waals surface area contributed by atoms with Crippen LogP contribution in [0.3, 0.4) is 0 Å². The molecule has 27 heavy (non-hydrogen) atoms. The van der Waals surface area contributed by atoms with Crippen molar-refractivity contribution in [2.24, 2.45) is 11.0 Å². The zero-order valence-electron chi connectivity index (χ0n) is 15.3. The average molecular weight is 384 g/mol. The van der Waals surface area contributed by atoms with Crippen LogP contribution in [0.4, 0.5) is 0 Å². The van der Waals surface area contributed by atoms with Crippen LogP contribution in [-0.4, -0.2) is 22.1 Å². The molecule has 0 saturated heterocycles. The lowest BCUT2D eigenvalue weighted by Crippen LogP contribution is -2.23. The SMILES string of the molecule is Cc1sc2nc(CC(=O)N/N=C\c3ccc([C@@H]4C[C@@H]4C)o3)[nH]c(=O)c2c1C. The van der Waals surface area contributed by atoms with Gasteiger partial charge in [-0.3, -0.25) is 9.59 Å². The minimum atomic E-state index is -0.360. The summed E-state index contributed by atoms with van der Waals surface area (Å²) in [5, 5.41) is 4.51. The molecule has 1 aliphatic carbocycles. The van der Waals surface area contributed by atoms with Crippen LogP contribution in [0.2, 0.25) is 0 Å². The Hall–Kier alpha value is -2.74. The smallest absolute Gasteiger partial charge is 0.259 e. The third-order valence-corrected chi connectivity index (χ3v) is 6.02. The fraction of sp³-hybridized carbons (Fsp3) is 0.368. The number of aromatic nitrogens is 2. The summed E-state index contributed by atoms with van der Waals surface area (Å²) in [6.45, 7) is 6.04. The van der Waals surface area contributed by atoms with Crippen molar-refractivity contribution >= 4 is 33.7 Å². The van der Waals surface area contributed by atoms with Gasteiger partial charge in [-0.15, -0.1) is 11.3 Å². The first kappa shape index (κ1) is 17.7. The molecule has 1 fully saturated rings. The quantitative estimate of drug-likeness (QED) is 0.522. The zero-order valence-corrected chi connectivity index (χ0v) is 16.1. The highest BCUT2D eigenvalue weighted by atomic mass is 32.1. The van der Waals surface area contributed by atoms with Gasteiger partial charge >= 0.3 is 0 Å². The Morgan fingerprint density at radius 1 is 1.48 bits per heavy atom. The Kier molecular flexibility index (Phi) is 4.43. The third-order valence-electron chi connectivity index (χ3n) is 4.92. The Balaban J connectivity index is 1.40. The summed E-state index contributed by atoms with van der Waals surface area (Å²) in [4.78, 5) is 33.1. The van der Waals surface area contributed by atoms with Crippen molar-refractivity contribution in [1.29, 1.82) is 0 Å². The molecule has 7 nitrogen and oxygen atoms in total. The summed E-state index contributed by atoms with van der Waals surface area (Å²) in [6, 6.07) is 3.79. The molecule has 0 bridgehead atoms. The molecule has 0 aromatic carbocycles. The molecule has 3 heterocycles. The lowest BCUT2D eigenvalue weighted by atomic mass is 10.2. The number of furan rings is 1. The van der Waals surface area contributed by atoms with Crippen LogP contribution in [0, 0.1) is 19.8 Å². The first-order valence-electron chi connectivity index (χ1n) is 8.83. The van der Waals surface area contributed by atoms with Gasteiger partial charge < -0.3 is 9.40 Å². The van der Waals surface area contributed by atoms with Gasteiger partial charge in [0.1, 0.15) is 22.2 Å². The Morgan fingerprint density at radius 3 is 3.00 bits per heavy atom. The summed E-state index contributed by atoms with van der Waals surface area (Å²) >= 11 is 1.45. The number of carbonyl (C=O) groups is 1. The fourth-order valence-electron chi connectivity index (χ4n) is 3.10. The number of hydrazone groups is 1. The van der Waals surface area contributed by atoms with E-state index in [4.69, 9.17) is 4.42 Å². The predicted molar refractivity (Wildman–Crippen MR) is 104 cm³/mol. The second kappa shape index (κ2) is 6.77. The molecule has 2 N–H and O–H groups in total. The largest absolute Gasteiger partial charge is 0.460 e. The number of hydrogen-bond donors (Lipinski definition) is 2. The molecule has 0 radical (unpaired) electrons. The second-order valence-electron chi connectivity index (χ2n) is 7.01. The molecular formula is C19H20N4O3S. The van der Waals surface area contributed by atoms with Gasteiger partial charge in [0.05, 0.1) is 18.0 Å². The number of carbonyl (C=O) groups excluding carboxylic acids is 1. The van der Waals surface area contributed by atoms with Crippen LogP contribution >= 0.6 is 11.3 Å². The summed E-state index contributed by atoms with van der Waals surface area (Å²) < 4.78 is 5.70. The van der Waals surface area contributed by atoms with Crippen molar-refractivity contribution in [3.8, 4) is 0 Å². The minimum absolute atomic E-state index is 0.0541. The van der Waals surface area contributed by atoms with Gasteiger partial charge in [-0.05, 0) is 43.9 Å². The maximum atomic E-state index is 12.2. The number of aromatic amines is 1. The minimum Gasteiger partial charge on any atom is -0.460 e. The van der Waals surface area contributed by atoms with E-state index in [9.17, 15) is 9.59 Å². The first-order chi connectivity index (χ1) is 12.9. The lowest BCUT2D eigenvalue weighted by molar-refractivity contribution is -0.120. The van der Waals surface area contributed by atoms with E-state index in [0.29, 0.717) is 33.6 Å². The maximum Gasteiger partial charge on any atom is 0.259 e. The van der Waals surface area contributed by atoms with Crippen LogP contribution in [0.25, 0.3) is 10.2 Å². The topological polar surface area (TPSA) is 100 Å². The predicted octanol–water partition coefficient (Wildman–Crippen LogP) is 3.01. The van der Waals surface area contributed by atoms with Crippen LogP contribution in [0.1, 0.15) is 47.0 Å². The molecule has 0 aliphatic heterocycles. The van der Waals surface area contributed by atoms with Gasteiger partial charge in [-0.2, -0.15) is 5.10 Å². The van der Waals surface area contributed by atoms with E-state index < -0.39 is 0 Å². The molecule has 0 unspecified atom stereocenters. The van der Waals surface area contributed by atoms with Gasteiger partial charge in [-0.25, -0.2) is 10.4 Å². The highest BCUT2D eigenvalue weighted by Crippen LogP contribution is 2.47. The number of nitrogens with one attached hydrogen (secondary N) is 2. The van der Waals surface area contributed by atoms with Crippen molar-refractivity contribution < 1.29 is 9.21 Å². The van der Waals surface area contributed by atoms with Gasteiger partial charge in [0.2, 0.25) is 5.91 Å². The molecule has 0 spiro atoms. The van der Waals surface area contributed by atoms with E-state index in [1.807, 2.05) is 26.0 Å². The summed E-state index contributed by atoms with van der Waals surface area (Å²) in [5.41, 5.74) is 3.15. The standard InChI is InChI=1S/C19H20N4O3S/c1-9-6-13(9)14-5-4-12(26-14)8-20-23-16(24)7-15-21-18(25)17-10(2)11(3)27-19(17)22-15/h4-5,8-9,13H,6-7H2,1-3H3,(H,23,24)(H,21,22,25)/b20-8-/t9-,13+/m0/s1. The van der Waals surface area contributed by atoms with E-state index in [2.05, 4.69) is 27.4 Å². The van der Waals surface area contributed by atoms with E-state index in [-0.39, 0.29) is 17.9 Å². The lowest BCUT2D eigenvalue weighted by Gasteiger charge is -2.00. The molecular weight excluding hydrogens is 364 g/mol. The number of amides is 1. The van der Waals surface area contributed by atoms with Crippen LogP contribution < -0.4 is 11.0 Å². The number of H-pyrrole nitrogens is 1. The zero-order chi connectivity index (χ0) is 19.1. The number of thiophene rings is 1. The van der Waals surface area contributed by atoms with Gasteiger partial charge in [-0.1, -0.05) is 6.92 Å². The average Bonchev–Trinajstić information content (AvgIpc) is 3.02. The summed E-state index contributed by atoms with van der Waals surface area (Å²) in [7, 11) is 0. The van der Waals surface area contributed by atoms with Crippen molar-refractivity contribution in [3.63, 3.8) is 0 Å². The first-order valence-corrected chi connectivity index (χ1v) is 9.64.